The molecular formula is C11H12FN3O. The van der Waals surface area contributed by atoms with Gasteiger partial charge in [0, 0.05) is 11.7 Å². The average molecular weight is 221 g/mol. The number of nitrogens with one attached hydrogen (secondary N) is 1. The molecule has 0 radical (unpaired) electrons. The van der Waals surface area contributed by atoms with Crippen LogP contribution in [0.25, 0.3) is 0 Å². The smallest absolute Gasteiger partial charge is 0.299 e. The SMILES string of the molecule is CC(N)c1coc(Nc2ccc(F)cc2)n1. The molecule has 0 bridgehead atoms. The van der Waals surface area contributed by atoms with E-state index >= 15 is 0 Å². The minimum Gasteiger partial charge on any atom is -0.432 e. The Hall–Kier alpha value is -1.88. The van der Waals surface area contributed by atoms with Crippen molar-refractivity contribution in [2.45, 2.75) is 13.0 Å². The van der Waals surface area contributed by atoms with Crippen molar-refractivity contribution in [1.29, 1.82) is 0 Å². The summed E-state index contributed by atoms with van der Waals surface area (Å²) in [6, 6.07) is 6.09. The van der Waals surface area contributed by atoms with Crippen LogP contribution in [0.2, 0.25) is 0 Å². The summed E-state index contributed by atoms with van der Waals surface area (Å²) in [5, 5.41) is 2.91. The molecule has 0 aliphatic carbocycles. The van der Waals surface area contributed by atoms with Gasteiger partial charge in [-0.05, 0) is 31.2 Å². The molecule has 0 saturated heterocycles. The zero-order valence-corrected chi connectivity index (χ0v) is 8.77. The minimum absolute atomic E-state index is 0.174. The van der Waals surface area contributed by atoms with Crippen LogP contribution in [0.5, 0.6) is 0 Å². The highest BCUT2D eigenvalue weighted by Gasteiger charge is 2.07. The molecule has 84 valence electrons. The Morgan fingerprint density at radius 3 is 2.62 bits per heavy atom. The Balaban J connectivity index is 2.11. The zero-order valence-electron chi connectivity index (χ0n) is 8.77. The highest BCUT2D eigenvalue weighted by Crippen LogP contribution is 2.18. The van der Waals surface area contributed by atoms with Crippen LogP contribution < -0.4 is 11.1 Å². The van der Waals surface area contributed by atoms with Gasteiger partial charge in [-0.15, -0.1) is 0 Å². The fourth-order valence-corrected chi connectivity index (χ4v) is 1.21. The van der Waals surface area contributed by atoms with Gasteiger partial charge < -0.3 is 15.5 Å². The Morgan fingerprint density at radius 1 is 1.38 bits per heavy atom. The summed E-state index contributed by atoms with van der Waals surface area (Å²) < 4.78 is 17.8. The Bertz CT molecular complexity index is 464. The normalized spacial score (nSPS) is 12.4. The molecule has 0 aliphatic heterocycles. The van der Waals surface area contributed by atoms with E-state index in [9.17, 15) is 4.39 Å². The fourth-order valence-electron chi connectivity index (χ4n) is 1.21. The molecule has 2 rings (SSSR count). The topological polar surface area (TPSA) is 64.1 Å². The lowest BCUT2D eigenvalue weighted by Crippen LogP contribution is -2.05. The molecular weight excluding hydrogens is 209 g/mol. The van der Waals surface area contributed by atoms with Gasteiger partial charge in [-0.25, -0.2) is 4.39 Å². The lowest BCUT2D eigenvalue weighted by Gasteiger charge is -2.00. The van der Waals surface area contributed by atoms with E-state index in [0.29, 0.717) is 17.4 Å². The molecule has 1 aromatic heterocycles. The molecule has 0 amide bonds. The Kier molecular flexibility index (Phi) is 2.87. The second-order valence-electron chi connectivity index (χ2n) is 3.50. The molecule has 0 fully saturated rings. The van der Waals surface area contributed by atoms with E-state index in [1.807, 2.05) is 6.92 Å². The van der Waals surface area contributed by atoms with Crippen LogP contribution in [-0.4, -0.2) is 4.98 Å². The maximum Gasteiger partial charge on any atom is 0.299 e. The number of halogens is 1. The number of benzene rings is 1. The van der Waals surface area contributed by atoms with Crippen LogP contribution in [0, 0.1) is 5.82 Å². The van der Waals surface area contributed by atoms with Crippen molar-refractivity contribution in [2.24, 2.45) is 5.73 Å². The summed E-state index contributed by atoms with van der Waals surface area (Å²) >= 11 is 0. The Labute approximate surface area is 92.3 Å². The molecule has 1 unspecified atom stereocenters. The second-order valence-corrected chi connectivity index (χ2v) is 3.50. The summed E-state index contributed by atoms with van der Waals surface area (Å²) in [5.74, 6) is -0.283. The zero-order chi connectivity index (χ0) is 11.5. The molecule has 5 heteroatoms. The van der Waals surface area contributed by atoms with Gasteiger partial charge in [0.25, 0.3) is 6.01 Å². The summed E-state index contributed by atoms with van der Waals surface area (Å²) in [4.78, 5) is 4.13. The largest absolute Gasteiger partial charge is 0.432 e. The third-order valence-corrected chi connectivity index (χ3v) is 2.08. The second kappa shape index (κ2) is 4.32. The van der Waals surface area contributed by atoms with E-state index in [-0.39, 0.29) is 11.9 Å². The van der Waals surface area contributed by atoms with Crippen LogP contribution >= 0.6 is 0 Å². The quantitative estimate of drug-likeness (QED) is 0.836. The molecule has 4 nitrogen and oxygen atoms in total. The number of hydrogen-bond acceptors (Lipinski definition) is 4. The van der Waals surface area contributed by atoms with Crippen molar-refractivity contribution in [1.82, 2.24) is 4.98 Å². The number of nitrogens with two attached hydrogens (primary N) is 1. The van der Waals surface area contributed by atoms with Crippen molar-refractivity contribution < 1.29 is 8.81 Å². The van der Waals surface area contributed by atoms with Crippen molar-refractivity contribution in [3.63, 3.8) is 0 Å². The predicted molar refractivity (Wildman–Crippen MR) is 58.8 cm³/mol. The molecule has 1 atom stereocenters. The fraction of sp³-hybridized carbons (Fsp3) is 0.182. The first-order valence-electron chi connectivity index (χ1n) is 4.89. The molecule has 1 aromatic carbocycles. The van der Waals surface area contributed by atoms with Gasteiger partial charge >= 0.3 is 0 Å². The van der Waals surface area contributed by atoms with E-state index in [4.69, 9.17) is 10.2 Å². The Morgan fingerprint density at radius 2 is 2.06 bits per heavy atom. The van der Waals surface area contributed by atoms with Gasteiger partial charge in [-0.3, -0.25) is 0 Å². The van der Waals surface area contributed by atoms with Crippen molar-refractivity contribution >= 4 is 11.7 Å². The molecule has 1 heterocycles. The molecule has 3 N–H and O–H groups in total. The first-order chi connectivity index (χ1) is 7.65. The predicted octanol–water partition coefficient (Wildman–Crippen LogP) is 2.58. The molecule has 16 heavy (non-hydrogen) atoms. The lowest BCUT2D eigenvalue weighted by atomic mass is 10.3. The van der Waals surface area contributed by atoms with Crippen molar-refractivity contribution in [2.75, 3.05) is 5.32 Å². The van der Waals surface area contributed by atoms with E-state index in [1.165, 1.54) is 18.4 Å². The maximum atomic E-state index is 12.7. The first-order valence-corrected chi connectivity index (χ1v) is 4.89. The van der Waals surface area contributed by atoms with Crippen LogP contribution in [0.15, 0.2) is 34.9 Å². The first kappa shape index (κ1) is 10.6. The van der Waals surface area contributed by atoms with Crippen LogP contribution in [0.1, 0.15) is 18.7 Å². The number of hydrogen-bond donors (Lipinski definition) is 2. The monoisotopic (exact) mass is 221 g/mol. The summed E-state index contributed by atoms with van der Waals surface area (Å²) in [6.45, 7) is 1.82. The summed E-state index contributed by atoms with van der Waals surface area (Å²) in [6.07, 6.45) is 1.50. The minimum atomic E-state index is -0.283. The van der Waals surface area contributed by atoms with Crippen molar-refractivity contribution in [3.8, 4) is 0 Å². The summed E-state index contributed by atoms with van der Waals surface area (Å²) in [5.41, 5.74) is 7.02. The van der Waals surface area contributed by atoms with E-state index in [1.54, 1.807) is 12.1 Å². The van der Waals surface area contributed by atoms with E-state index < -0.39 is 0 Å². The molecule has 0 aliphatic rings. The van der Waals surface area contributed by atoms with Crippen LogP contribution in [0.4, 0.5) is 16.1 Å². The maximum absolute atomic E-state index is 12.7. The molecule has 0 spiro atoms. The number of anilines is 2. The van der Waals surface area contributed by atoms with Gasteiger partial charge in [0.1, 0.15) is 12.1 Å². The highest BCUT2D eigenvalue weighted by molar-refractivity contribution is 5.51. The standard InChI is InChI=1S/C11H12FN3O/c1-7(13)10-6-16-11(15-10)14-9-4-2-8(12)3-5-9/h2-7H,13H2,1H3,(H,14,15). The molecule has 2 aromatic rings. The summed E-state index contributed by atoms with van der Waals surface area (Å²) in [7, 11) is 0. The number of nitrogens with zero attached hydrogens (tertiary/aromatic N) is 1. The van der Waals surface area contributed by atoms with E-state index in [0.717, 1.165) is 0 Å². The van der Waals surface area contributed by atoms with Gasteiger partial charge in [-0.1, -0.05) is 0 Å². The van der Waals surface area contributed by atoms with Gasteiger partial charge in [0.15, 0.2) is 0 Å². The van der Waals surface area contributed by atoms with Crippen LogP contribution in [-0.2, 0) is 0 Å². The third-order valence-electron chi connectivity index (χ3n) is 2.08. The number of oxazole rings is 1. The van der Waals surface area contributed by atoms with Gasteiger partial charge in [0.2, 0.25) is 0 Å². The average Bonchev–Trinajstić information content (AvgIpc) is 2.70. The highest BCUT2D eigenvalue weighted by atomic mass is 19.1. The molecule has 0 saturated carbocycles. The van der Waals surface area contributed by atoms with Gasteiger partial charge in [-0.2, -0.15) is 4.98 Å². The number of rotatable bonds is 3. The number of aromatic nitrogens is 1. The van der Waals surface area contributed by atoms with Crippen LogP contribution in [0.3, 0.4) is 0 Å². The third kappa shape index (κ3) is 2.38. The lowest BCUT2D eigenvalue weighted by molar-refractivity contribution is 0.573. The van der Waals surface area contributed by atoms with Crippen molar-refractivity contribution in [3.05, 3.63) is 42.0 Å². The van der Waals surface area contributed by atoms with E-state index in [2.05, 4.69) is 10.3 Å². The van der Waals surface area contributed by atoms with Gasteiger partial charge in [0.05, 0.1) is 5.69 Å².